The van der Waals surface area contributed by atoms with E-state index in [2.05, 4.69) is 36.8 Å². The van der Waals surface area contributed by atoms with Crippen LogP contribution in [0.5, 0.6) is 0 Å². The number of hydrogen-bond donors (Lipinski definition) is 2. The molecule has 272 valence electrons. The van der Waals surface area contributed by atoms with Gasteiger partial charge in [-0.05, 0) is 44.0 Å². The molecule has 49 heavy (non-hydrogen) atoms. The Labute approximate surface area is 307 Å². The lowest BCUT2D eigenvalue weighted by atomic mass is 10.2. The molecular formula is C35H48Br2N2O9S. The zero-order valence-electron chi connectivity index (χ0n) is 28.2. The third-order valence-corrected chi connectivity index (χ3v) is 8.03. The van der Waals surface area contributed by atoms with E-state index in [9.17, 15) is 18.0 Å². The maximum absolute atomic E-state index is 11.9. The first-order chi connectivity index (χ1) is 23.4. The highest BCUT2D eigenvalue weighted by Crippen LogP contribution is 2.09. The normalized spacial score (nSPS) is 13.9. The number of aryl methyl sites for hydroxylation is 1. The molecule has 3 aromatic carbocycles. The maximum atomic E-state index is 11.9. The van der Waals surface area contributed by atoms with Crippen molar-refractivity contribution >= 4 is 53.9 Å². The average Bonchev–Trinajstić information content (AvgIpc) is 3.11. The molecule has 0 unspecified atom stereocenters. The van der Waals surface area contributed by atoms with Crippen molar-refractivity contribution in [3.05, 3.63) is 102 Å². The van der Waals surface area contributed by atoms with Gasteiger partial charge in [-0.1, -0.05) is 110 Å². The van der Waals surface area contributed by atoms with E-state index in [0.29, 0.717) is 26.4 Å². The number of nitrogens with zero attached hydrogens (tertiary/aromatic N) is 1. The molecule has 1 heterocycles. The van der Waals surface area contributed by atoms with Gasteiger partial charge in [0, 0.05) is 23.7 Å². The Morgan fingerprint density at radius 1 is 0.816 bits per heavy atom. The number of alkyl halides is 2. The van der Waals surface area contributed by atoms with E-state index in [1.807, 2.05) is 74.5 Å². The van der Waals surface area contributed by atoms with Gasteiger partial charge in [0.05, 0.1) is 31.3 Å². The highest BCUT2D eigenvalue weighted by atomic mass is 79.9. The summed E-state index contributed by atoms with van der Waals surface area (Å²) in [6, 6.07) is 24.5. The number of halogens is 2. The molecule has 1 aliphatic heterocycles. The maximum Gasteiger partial charge on any atom is 0.323 e. The smallest absolute Gasteiger partial charge is 0.323 e. The first-order valence-electron chi connectivity index (χ1n) is 15.6. The van der Waals surface area contributed by atoms with Gasteiger partial charge in [0.1, 0.15) is 25.3 Å². The molecule has 11 nitrogen and oxygen atoms in total. The first kappa shape index (κ1) is 44.3. The summed E-state index contributed by atoms with van der Waals surface area (Å²) in [5, 5.41) is 1.86. The molecule has 14 heteroatoms. The van der Waals surface area contributed by atoms with Crippen LogP contribution in [0.2, 0.25) is 0 Å². The zero-order valence-corrected chi connectivity index (χ0v) is 32.2. The number of carbonyl (C=O) groups excluding carboxylic acids is 2. The summed E-state index contributed by atoms with van der Waals surface area (Å²) >= 11 is 6.48. The van der Waals surface area contributed by atoms with Gasteiger partial charge in [0.25, 0.3) is 10.1 Å². The molecule has 2 atom stereocenters. The van der Waals surface area contributed by atoms with Crippen molar-refractivity contribution in [1.29, 1.82) is 0 Å². The molecular weight excluding hydrogens is 784 g/mol. The summed E-state index contributed by atoms with van der Waals surface area (Å²) in [7, 11) is -4.02. The lowest BCUT2D eigenvalue weighted by Crippen LogP contribution is -2.46. The van der Waals surface area contributed by atoms with Gasteiger partial charge < -0.3 is 24.7 Å². The molecule has 0 aliphatic carbocycles. The van der Waals surface area contributed by atoms with Crippen LogP contribution in [0, 0.1) is 6.92 Å². The average molecular weight is 833 g/mol. The van der Waals surface area contributed by atoms with Crippen molar-refractivity contribution in [3.63, 3.8) is 0 Å². The largest absolute Gasteiger partial charge is 0.460 e. The highest BCUT2D eigenvalue weighted by molar-refractivity contribution is 9.09. The Balaban J connectivity index is 0.000000345. The molecule has 4 rings (SSSR count). The fourth-order valence-electron chi connectivity index (χ4n) is 3.74. The van der Waals surface area contributed by atoms with Gasteiger partial charge in [0.2, 0.25) is 0 Å². The Bertz CT molecular complexity index is 1410. The van der Waals surface area contributed by atoms with E-state index >= 15 is 0 Å². The van der Waals surface area contributed by atoms with Crippen molar-refractivity contribution in [3.8, 4) is 0 Å². The van der Waals surface area contributed by atoms with Crippen molar-refractivity contribution < 1.29 is 41.5 Å². The second-order valence-corrected chi connectivity index (χ2v) is 13.6. The zero-order chi connectivity index (χ0) is 36.5. The Hall–Kier alpha value is -2.69. The SMILES string of the molecule is BrCCOCCBr.C[C@@H](C(=O)OCc1ccccc1)N1CCOCC1.C[C@H](N)C(=O)OCc1ccccc1.Cc1ccc(S(=O)(=O)O)cc1. The minimum absolute atomic E-state index is 0.0666. The second-order valence-electron chi connectivity index (χ2n) is 10.6. The number of carbonyl (C=O) groups is 2. The monoisotopic (exact) mass is 830 g/mol. The number of morpholine rings is 1. The van der Waals surface area contributed by atoms with Gasteiger partial charge in [-0.3, -0.25) is 19.0 Å². The quantitative estimate of drug-likeness (QED) is 0.102. The lowest BCUT2D eigenvalue weighted by Gasteiger charge is -2.30. The molecule has 3 N–H and O–H groups in total. The van der Waals surface area contributed by atoms with Gasteiger partial charge in [-0.25, -0.2) is 0 Å². The molecule has 1 aliphatic rings. The van der Waals surface area contributed by atoms with Crippen LogP contribution >= 0.6 is 31.9 Å². The Morgan fingerprint density at radius 2 is 1.27 bits per heavy atom. The molecule has 1 fully saturated rings. The lowest BCUT2D eigenvalue weighted by molar-refractivity contribution is -0.152. The molecule has 3 aromatic rings. The van der Waals surface area contributed by atoms with Crippen LogP contribution in [0.3, 0.4) is 0 Å². The summed E-state index contributed by atoms with van der Waals surface area (Å²) < 4.78 is 50.1. The minimum atomic E-state index is -4.02. The molecule has 0 spiro atoms. The van der Waals surface area contributed by atoms with E-state index in [0.717, 1.165) is 53.7 Å². The third kappa shape index (κ3) is 21.2. The van der Waals surface area contributed by atoms with Gasteiger partial charge in [-0.2, -0.15) is 8.42 Å². The summed E-state index contributed by atoms with van der Waals surface area (Å²) in [5.41, 5.74) is 8.26. The van der Waals surface area contributed by atoms with E-state index < -0.39 is 16.2 Å². The minimum Gasteiger partial charge on any atom is -0.460 e. The van der Waals surface area contributed by atoms with Crippen molar-refractivity contribution in [2.75, 3.05) is 50.2 Å². The van der Waals surface area contributed by atoms with Crippen LogP contribution in [0.4, 0.5) is 0 Å². The topological polar surface area (TPSA) is 155 Å². The van der Waals surface area contributed by atoms with Crippen molar-refractivity contribution in [2.24, 2.45) is 5.73 Å². The summed E-state index contributed by atoms with van der Waals surface area (Å²) in [4.78, 5) is 24.9. The Kier molecular flexibility index (Phi) is 23.7. The predicted octanol–water partition coefficient (Wildman–Crippen LogP) is 5.56. The summed E-state index contributed by atoms with van der Waals surface area (Å²) in [6.45, 7) is 10.6. The number of esters is 2. The molecule has 0 bridgehead atoms. The first-order valence-corrected chi connectivity index (χ1v) is 19.3. The van der Waals surface area contributed by atoms with Crippen LogP contribution in [0.15, 0.2) is 89.8 Å². The third-order valence-electron chi connectivity index (χ3n) is 6.52. The number of benzene rings is 3. The van der Waals surface area contributed by atoms with Crippen LogP contribution in [-0.4, -0.2) is 92.1 Å². The number of hydrogen-bond acceptors (Lipinski definition) is 10. The van der Waals surface area contributed by atoms with Gasteiger partial charge in [-0.15, -0.1) is 0 Å². The number of ether oxygens (including phenoxy) is 4. The predicted molar refractivity (Wildman–Crippen MR) is 197 cm³/mol. The molecule has 0 amide bonds. The van der Waals surface area contributed by atoms with Crippen LogP contribution < -0.4 is 5.73 Å². The Morgan fingerprint density at radius 3 is 1.67 bits per heavy atom. The number of rotatable bonds is 12. The van der Waals surface area contributed by atoms with Crippen molar-refractivity contribution in [2.45, 2.75) is 51.0 Å². The highest BCUT2D eigenvalue weighted by Gasteiger charge is 2.24. The van der Waals surface area contributed by atoms with Crippen LogP contribution in [0.1, 0.15) is 30.5 Å². The van der Waals surface area contributed by atoms with E-state index in [4.69, 9.17) is 29.2 Å². The molecule has 0 saturated carbocycles. The molecule has 0 radical (unpaired) electrons. The summed E-state index contributed by atoms with van der Waals surface area (Å²) in [6.07, 6.45) is 0. The fourth-order valence-corrected chi connectivity index (χ4v) is 4.68. The summed E-state index contributed by atoms with van der Waals surface area (Å²) in [5.74, 6) is -0.537. The second kappa shape index (κ2) is 26.2. The van der Waals surface area contributed by atoms with Crippen molar-refractivity contribution in [1.82, 2.24) is 4.90 Å². The van der Waals surface area contributed by atoms with Crippen LogP contribution in [0.25, 0.3) is 0 Å². The standard InChI is InChI=1S/C14H19NO3.C10H13NO2.C7H8O3S.C4H8Br2O/c1-12(15-7-9-17-10-8-15)14(16)18-11-13-5-3-2-4-6-13;1-8(11)10(12)13-7-9-5-3-2-4-6-9;1-6-2-4-7(5-3-6)11(8,9)10;5-1-3-7-4-2-6/h2-6,12H,7-11H2,1H3;2-6,8H,7,11H2,1H3;2-5H,1H3,(H,8,9,10);1-4H2/t12-;8-;;/m00../s1. The van der Waals surface area contributed by atoms with Gasteiger partial charge >= 0.3 is 11.9 Å². The molecule has 1 saturated heterocycles. The van der Waals surface area contributed by atoms with E-state index in [1.165, 1.54) is 12.1 Å². The van der Waals surface area contributed by atoms with E-state index in [-0.39, 0.29) is 22.9 Å². The van der Waals surface area contributed by atoms with E-state index in [1.54, 1.807) is 19.1 Å². The number of nitrogens with two attached hydrogens (primary N) is 1. The van der Waals surface area contributed by atoms with Gasteiger partial charge in [0.15, 0.2) is 0 Å². The van der Waals surface area contributed by atoms with Crippen LogP contribution in [-0.2, 0) is 51.9 Å². The molecule has 0 aromatic heterocycles. The fraction of sp³-hybridized carbons (Fsp3) is 0.429.